The summed E-state index contributed by atoms with van der Waals surface area (Å²) in [5.41, 5.74) is 3.70. The van der Waals surface area contributed by atoms with Crippen LogP contribution in [-0.4, -0.2) is 74.8 Å². The van der Waals surface area contributed by atoms with Crippen LogP contribution in [0, 0.1) is 0 Å². The van der Waals surface area contributed by atoms with Crippen LogP contribution in [0.15, 0.2) is 49.3 Å². The molecule has 0 radical (unpaired) electrons. The Balaban J connectivity index is 1.60. The molecule has 1 aliphatic rings. The average molecular weight is 580 g/mol. The van der Waals surface area contributed by atoms with Gasteiger partial charge in [-0.3, -0.25) is 13.9 Å². The smallest absolute Gasteiger partial charge is 0.459 e. The first-order valence-corrected chi connectivity index (χ1v) is 13.9. The number of ether oxygens (including phenoxy) is 2. The second-order valence-electron chi connectivity index (χ2n) is 8.81. The molecule has 1 fully saturated rings. The highest BCUT2D eigenvalue weighted by Crippen LogP contribution is 2.48. The van der Waals surface area contributed by atoms with Gasteiger partial charge in [-0.2, -0.15) is 15.1 Å². The van der Waals surface area contributed by atoms with Crippen LogP contribution in [0.2, 0.25) is 0 Å². The number of nitrogens with one attached hydrogen (secondary N) is 2. The minimum Gasteiger partial charge on any atom is -0.465 e. The van der Waals surface area contributed by atoms with Crippen LogP contribution in [0.4, 0.5) is 16.2 Å². The molecule has 16 heteroatoms. The fourth-order valence-electron chi connectivity index (χ4n) is 4.12. The molecule has 1 aliphatic heterocycles. The van der Waals surface area contributed by atoms with E-state index in [1.165, 1.54) is 30.0 Å². The Morgan fingerprint density at radius 2 is 2.12 bits per heavy atom. The summed E-state index contributed by atoms with van der Waals surface area (Å²) in [4.78, 5) is 24.6. The fraction of sp³-hybridized carbons (Fsp3) is 0.417. The van der Waals surface area contributed by atoms with Crippen molar-refractivity contribution in [1.82, 2.24) is 24.6 Å². The Labute approximate surface area is 229 Å². The number of hydrogen-bond acceptors (Lipinski definition) is 12. The number of anilines is 2. The maximum atomic E-state index is 16.2. The zero-order valence-corrected chi connectivity index (χ0v) is 23.0. The minimum atomic E-state index is -4.30. The van der Waals surface area contributed by atoms with Gasteiger partial charge in [0.15, 0.2) is 23.2 Å². The summed E-state index contributed by atoms with van der Waals surface area (Å²) in [5, 5.41) is 16.3. The summed E-state index contributed by atoms with van der Waals surface area (Å²) in [5.74, 6) is -0.304. The summed E-state index contributed by atoms with van der Waals surface area (Å²) in [7, 11) is -2.68. The van der Waals surface area contributed by atoms with Gasteiger partial charge in [-0.15, -0.1) is 0 Å². The molecule has 40 heavy (non-hydrogen) atoms. The van der Waals surface area contributed by atoms with Crippen molar-refractivity contribution in [3.05, 3.63) is 49.3 Å². The first-order valence-electron chi connectivity index (χ1n) is 12.3. The van der Waals surface area contributed by atoms with Crippen LogP contribution >= 0.6 is 7.75 Å². The molecule has 0 bridgehead atoms. The third kappa shape index (κ3) is 5.78. The molecule has 0 aliphatic carbocycles. The molecule has 216 valence electrons. The summed E-state index contributed by atoms with van der Waals surface area (Å²) >= 11 is 0. The molecule has 1 saturated heterocycles. The van der Waals surface area contributed by atoms with Gasteiger partial charge in [-0.1, -0.05) is 24.8 Å². The Hall–Kier alpha value is -3.62. The van der Waals surface area contributed by atoms with E-state index >= 15 is 4.39 Å². The number of nitrogens with zero attached hydrogens (tertiary/aromatic N) is 4. The van der Waals surface area contributed by atoms with E-state index in [-0.39, 0.29) is 24.0 Å². The number of alkyl halides is 1. The van der Waals surface area contributed by atoms with Crippen LogP contribution in [0.5, 0.6) is 5.75 Å². The maximum absolute atomic E-state index is 16.2. The van der Waals surface area contributed by atoms with Crippen molar-refractivity contribution in [1.29, 1.82) is 0 Å². The molecule has 5 N–H and O–H groups in total. The van der Waals surface area contributed by atoms with E-state index in [9.17, 15) is 14.5 Å². The monoisotopic (exact) mass is 579 g/mol. The van der Waals surface area contributed by atoms with Crippen molar-refractivity contribution in [2.24, 2.45) is 0 Å². The fourth-order valence-corrected chi connectivity index (χ4v) is 5.63. The second kappa shape index (κ2) is 11.9. The number of esters is 1. The number of nitrogen functional groups attached to an aromatic ring is 1. The largest absolute Gasteiger partial charge is 0.465 e. The lowest BCUT2D eigenvalue weighted by Gasteiger charge is -2.26. The zero-order valence-electron chi connectivity index (χ0n) is 22.1. The lowest BCUT2D eigenvalue weighted by atomic mass is 9.96. The number of benzene rings is 1. The second-order valence-corrected chi connectivity index (χ2v) is 10.5. The maximum Gasteiger partial charge on any atom is 0.459 e. The minimum absolute atomic E-state index is 0.0964. The number of aliphatic hydroxyl groups excluding tert-OH is 1. The summed E-state index contributed by atoms with van der Waals surface area (Å²) < 4.78 is 53.2. The molecule has 1 aromatic carbocycles. The van der Waals surface area contributed by atoms with Crippen molar-refractivity contribution >= 4 is 36.6 Å². The molecule has 3 heterocycles. The molecular weight excluding hydrogens is 548 g/mol. The van der Waals surface area contributed by atoms with Gasteiger partial charge < -0.3 is 30.2 Å². The van der Waals surface area contributed by atoms with Crippen LogP contribution in [0.1, 0.15) is 20.1 Å². The molecular formula is C24H31FN7O7P. The lowest BCUT2D eigenvalue weighted by Crippen LogP contribution is -2.42. The number of fused-ring (bicyclic) bond motifs is 1. The van der Waals surface area contributed by atoms with Gasteiger partial charge in [0.05, 0.1) is 19.5 Å². The topological polar surface area (TPSA) is 185 Å². The number of nitrogens with two attached hydrogens (primary N) is 1. The first kappa shape index (κ1) is 29.4. The predicted molar refractivity (Wildman–Crippen MR) is 143 cm³/mol. The van der Waals surface area contributed by atoms with Gasteiger partial charge in [-0.25, -0.2) is 13.9 Å². The summed E-state index contributed by atoms with van der Waals surface area (Å²) in [6.45, 7) is 6.08. The number of aliphatic hydroxyl groups is 1. The number of imidazole rings is 1. The molecule has 14 nitrogen and oxygen atoms in total. The number of carbonyl (C=O) groups is 1. The number of carbonyl (C=O) groups excluding carboxylic acids is 1. The predicted octanol–water partition coefficient (Wildman–Crippen LogP) is 2.35. The standard InChI is InChI=1S/C24H31FN7O7P/c1-5-24(25)18(33)16(38-22(24)32-13-28-17-19(27-4)29-23(26)30-20(17)32)12-37-40(35,31-14(3)21(34)36-6-2)39-15-10-8-7-9-11-15/h5,7-11,13-14,16,18,22,33H,1,6,12H2,2-4H3,(H,31,35)(H3,26,27,29,30)/t14?,16-,18-,22-,24-,40+/m1/s1. The first-order chi connectivity index (χ1) is 19.0. The highest BCUT2D eigenvalue weighted by atomic mass is 31.2. The van der Waals surface area contributed by atoms with Gasteiger partial charge in [0, 0.05) is 7.05 Å². The number of aromatic nitrogens is 4. The van der Waals surface area contributed by atoms with Crippen LogP contribution < -0.4 is 20.7 Å². The van der Waals surface area contributed by atoms with Gasteiger partial charge in [0.1, 0.15) is 24.0 Å². The Bertz CT molecular complexity index is 1410. The van der Waals surface area contributed by atoms with Gasteiger partial charge in [0.25, 0.3) is 0 Å². The number of halogens is 1. The molecule has 0 spiro atoms. The molecule has 0 saturated carbocycles. The molecule has 4 rings (SSSR count). The van der Waals surface area contributed by atoms with Crippen molar-refractivity contribution in [2.45, 2.75) is 44.0 Å². The zero-order chi connectivity index (χ0) is 29.1. The highest BCUT2D eigenvalue weighted by molar-refractivity contribution is 7.52. The van der Waals surface area contributed by atoms with Crippen molar-refractivity contribution < 1.29 is 37.4 Å². The van der Waals surface area contributed by atoms with E-state index in [2.05, 4.69) is 31.9 Å². The quantitative estimate of drug-likeness (QED) is 0.139. The van der Waals surface area contributed by atoms with Gasteiger partial charge in [-0.05, 0) is 32.1 Å². The van der Waals surface area contributed by atoms with E-state index in [0.29, 0.717) is 11.3 Å². The third-order valence-electron chi connectivity index (χ3n) is 6.10. The molecule has 0 amide bonds. The lowest BCUT2D eigenvalue weighted by molar-refractivity contribution is -0.144. The van der Waals surface area contributed by atoms with Gasteiger partial charge in [0.2, 0.25) is 11.6 Å². The average Bonchev–Trinajstić information content (AvgIpc) is 3.46. The van der Waals surface area contributed by atoms with Gasteiger partial charge >= 0.3 is 13.7 Å². The van der Waals surface area contributed by atoms with Crippen molar-refractivity contribution in [3.8, 4) is 5.75 Å². The number of para-hydroxylation sites is 1. The van der Waals surface area contributed by atoms with E-state index in [1.54, 1.807) is 32.2 Å². The SMILES string of the molecule is C=C[C@@]1(F)[C@H](O)[C@@H](CO[P@@](=O)(NC(C)C(=O)OCC)Oc2ccccc2)O[C@H]1n1cnc2c(NC)nc(N)nc21. The summed E-state index contributed by atoms with van der Waals surface area (Å²) in [6.07, 6.45) is -2.51. The van der Waals surface area contributed by atoms with E-state index in [0.717, 1.165) is 6.08 Å². The molecule has 3 aromatic rings. The van der Waals surface area contributed by atoms with Crippen LogP contribution in [-0.2, 0) is 23.4 Å². The normalized spacial score (nSPS) is 24.8. The van der Waals surface area contributed by atoms with E-state index in [4.69, 9.17) is 24.3 Å². The van der Waals surface area contributed by atoms with Crippen molar-refractivity contribution in [2.75, 3.05) is 31.3 Å². The molecule has 6 atom stereocenters. The summed E-state index contributed by atoms with van der Waals surface area (Å²) in [6, 6.07) is 7.00. The molecule has 2 aromatic heterocycles. The Morgan fingerprint density at radius 3 is 2.77 bits per heavy atom. The van der Waals surface area contributed by atoms with Crippen molar-refractivity contribution in [3.63, 3.8) is 0 Å². The highest BCUT2D eigenvalue weighted by Gasteiger charge is 2.57. The number of rotatable bonds is 12. The van der Waals surface area contributed by atoms with E-state index in [1.807, 2.05) is 0 Å². The van der Waals surface area contributed by atoms with Crippen LogP contribution in [0.3, 0.4) is 0 Å². The Morgan fingerprint density at radius 1 is 1.40 bits per heavy atom. The van der Waals surface area contributed by atoms with E-state index < -0.39 is 50.5 Å². The third-order valence-corrected chi connectivity index (χ3v) is 7.74. The van der Waals surface area contributed by atoms with Crippen LogP contribution in [0.25, 0.3) is 11.2 Å². The Kier molecular flexibility index (Phi) is 8.71. The number of hydrogen-bond donors (Lipinski definition) is 4. The molecule has 1 unspecified atom stereocenters.